The average molecular weight is 359 g/mol. The Morgan fingerprint density at radius 3 is 2.54 bits per heavy atom. The second kappa shape index (κ2) is 9.59. The molecule has 1 aliphatic rings. The number of halogens is 2. The molecular formula is C17H24ClFN2O3. The summed E-state index contributed by atoms with van der Waals surface area (Å²) in [6.07, 6.45) is 2.26. The first kappa shape index (κ1) is 20.4. The minimum Gasteiger partial charge on any atom is -0.466 e. The fourth-order valence-electron chi connectivity index (χ4n) is 2.88. The Hall–Kier alpha value is -1.66. The van der Waals surface area contributed by atoms with Gasteiger partial charge in [0.25, 0.3) is 0 Å². The number of hydrogen-bond acceptors (Lipinski definition) is 4. The fraction of sp³-hybridized carbons (Fsp3) is 0.529. The molecule has 3 N–H and O–H groups in total. The van der Waals surface area contributed by atoms with Crippen LogP contribution in [0.4, 0.5) is 4.39 Å². The predicted molar refractivity (Wildman–Crippen MR) is 91.1 cm³/mol. The van der Waals surface area contributed by atoms with Gasteiger partial charge in [0.05, 0.1) is 19.1 Å². The van der Waals surface area contributed by atoms with Gasteiger partial charge in [-0.3, -0.25) is 9.59 Å². The number of esters is 1. The third-order valence-corrected chi connectivity index (χ3v) is 4.11. The van der Waals surface area contributed by atoms with Crippen molar-refractivity contribution in [2.24, 2.45) is 11.7 Å². The first-order valence-electron chi connectivity index (χ1n) is 7.96. The molecule has 0 aromatic heterocycles. The molecule has 1 aromatic carbocycles. The van der Waals surface area contributed by atoms with Crippen molar-refractivity contribution in [3.8, 4) is 0 Å². The van der Waals surface area contributed by atoms with Gasteiger partial charge in [0, 0.05) is 12.0 Å². The van der Waals surface area contributed by atoms with E-state index in [1.54, 1.807) is 19.1 Å². The minimum absolute atomic E-state index is 0. The molecule has 0 bridgehead atoms. The van der Waals surface area contributed by atoms with Crippen molar-refractivity contribution in [1.29, 1.82) is 0 Å². The molecule has 0 heterocycles. The second-order valence-electron chi connectivity index (χ2n) is 5.89. The summed E-state index contributed by atoms with van der Waals surface area (Å²) >= 11 is 0. The van der Waals surface area contributed by atoms with Gasteiger partial charge in [0.15, 0.2) is 0 Å². The number of ether oxygens (including phenoxy) is 1. The van der Waals surface area contributed by atoms with Crippen LogP contribution < -0.4 is 11.1 Å². The summed E-state index contributed by atoms with van der Waals surface area (Å²) in [5.41, 5.74) is 6.52. The maximum absolute atomic E-state index is 13.1. The number of carbonyl (C=O) groups excluding carboxylic acids is 2. The third-order valence-electron chi connectivity index (χ3n) is 4.11. The highest BCUT2D eigenvalue weighted by molar-refractivity contribution is 5.85. The van der Waals surface area contributed by atoms with Gasteiger partial charge in [-0.2, -0.15) is 0 Å². The summed E-state index contributed by atoms with van der Waals surface area (Å²) in [6.45, 7) is 2.00. The van der Waals surface area contributed by atoms with Crippen molar-refractivity contribution in [1.82, 2.24) is 5.32 Å². The molecule has 0 aliphatic heterocycles. The Kier molecular flexibility index (Phi) is 8.15. The molecule has 1 fully saturated rings. The molecule has 134 valence electrons. The van der Waals surface area contributed by atoms with Gasteiger partial charge in [-0.15, -0.1) is 12.4 Å². The molecular weight excluding hydrogens is 335 g/mol. The Morgan fingerprint density at radius 2 is 2.00 bits per heavy atom. The van der Waals surface area contributed by atoms with E-state index in [1.807, 2.05) is 0 Å². The van der Waals surface area contributed by atoms with Crippen molar-refractivity contribution < 1.29 is 18.7 Å². The molecule has 0 radical (unpaired) electrons. The number of nitrogens with two attached hydrogens (primary N) is 1. The molecule has 5 nitrogen and oxygen atoms in total. The molecule has 7 heteroatoms. The summed E-state index contributed by atoms with van der Waals surface area (Å²) in [7, 11) is 0. The topological polar surface area (TPSA) is 81.4 Å². The van der Waals surface area contributed by atoms with E-state index in [0.29, 0.717) is 12.0 Å². The van der Waals surface area contributed by atoms with E-state index in [0.717, 1.165) is 12.8 Å². The van der Waals surface area contributed by atoms with Crippen molar-refractivity contribution in [2.45, 2.75) is 44.7 Å². The van der Waals surface area contributed by atoms with Crippen LogP contribution in [-0.2, 0) is 14.3 Å². The summed E-state index contributed by atoms with van der Waals surface area (Å²) in [4.78, 5) is 24.2. The maximum Gasteiger partial charge on any atom is 0.308 e. The lowest BCUT2D eigenvalue weighted by Crippen LogP contribution is -2.35. The number of rotatable bonds is 6. The highest BCUT2D eigenvalue weighted by Gasteiger charge is 2.30. The van der Waals surface area contributed by atoms with Crippen LogP contribution in [0.1, 0.15) is 44.2 Å². The molecule has 0 saturated heterocycles. The van der Waals surface area contributed by atoms with Crippen molar-refractivity contribution in [3.05, 3.63) is 35.6 Å². The Balaban J connectivity index is 0.00000288. The fourth-order valence-corrected chi connectivity index (χ4v) is 2.88. The van der Waals surface area contributed by atoms with Crippen LogP contribution >= 0.6 is 12.4 Å². The first-order valence-corrected chi connectivity index (χ1v) is 7.96. The quantitative estimate of drug-likeness (QED) is 0.765. The van der Waals surface area contributed by atoms with Crippen LogP contribution in [0.25, 0.3) is 0 Å². The molecule has 2 rings (SSSR count). The average Bonchev–Trinajstić information content (AvgIpc) is 2.94. The standard InChI is InChI=1S/C17H23FN2O3.ClH/c1-2-23-16(21)10-15(11-3-6-13(18)7-4-11)20-17(22)12-5-8-14(19)9-12;/h3-4,6-7,12,14-15H,2,5,8-10,19H2,1H3,(H,20,22);1H. The number of nitrogens with one attached hydrogen (secondary N) is 1. The zero-order valence-corrected chi connectivity index (χ0v) is 14.5. The summed E-state index contributed by atoms with van der Waals surface area (Å²) in [5.74, 6) is -1.01. The molecule has 0 spiro atoms. The molecule has 3 unspecified atom stereocenters. The van der Waals surface area contributed by atoms with E-state index in [4.69, 9.17) is 10.5 Å². The summed E-state index contributed by atoms with van der Waals surface area (Å²) < 4.78 is 18.0. The van der Waals surface area contributed by atoms with Gasteiger partial charge in [0.2, 0.25) is 5.91 Å². The van der Waals surface area contributed by atoms with Crippen molar-refractivity contribution >= 4 is 24.3 Å². The normalized spacial score (nSPS) is 20.8. The van der Waals surface area contributed by atoms with Crippen LogP contribution in [0, 0.1) is 11.7 Å². The van der Waals surface area contributed by atoms with E-state index >= 15 is 0 Å². The van der Waals surface area contributed by atoms with E-state index in [2.05, 4.69) is 5.32 Å². The Bertz CT molecular complexity index is 553. The SMILES string of the molecule is CCOC(=O)CC(NC(=O)C1CCC(N)C1)c1ccc(F)cc1.Cl. The number of hydrogen-bond donors (Lipinski definition) is 2. The number of benzene rings is 1. The first-order chi connectivity index (χ1) is 11.0. The molecule has 1 aliphatic carbocycles. The van der Waals surface area contributed by atoms with Crippen LogP contribution in [0.15, 0.2) is 24.3 Å². The van der Waals surface area contributed by atoms with Crippen LogP contribution in [0.3, 0.4) is 0 Å². The molecule has 1 amide bonds. The van der Waals surface area contributed by atoms with E-state index in [1.165, 1.54) is 12.1 Å². The lowest BCUT2D eigenvalue weighted by molar-refractivity contribution is -0.143. The molecule has 1 aromatic rings. The molecule has 1 saturated carbocycles. The van der Waals surface area contributed by atoms with Gasteiger partial charge in [0.1, 0.15) is 5.82 Å². The van der Waals surface area contributed by atoms with Crippen LogP contribution in [0.2, 0.25) is 0 Å². The van der Waals surface area contributed by atoms with Gasteiger partial charge in [-0.1, -0.05) is 12.1 Å². The van der Waals surface area contributed by atoms with Gasteiger partial charge >= 0.3 is 5.97 Å². The Labute approximate surface area is 147 Å². The maximum atomic E-state index is 13.1. The number of amides is 1. The highest BCUT2D eigenvalue weighted by Crippen LogP contribution is 2.26. The molecule has 24 heavy (non-hydrogen) atoms. The lowest BCUT2D eigenvalue weighted by Gasteiger charge is -2.21. The summed E-state index contributed by atoms with van der Waals surface area (Å²) in [6, 6.07) is 5.29. The van der Waals surface area contributed by atoms with Crippen molar-refractivity contribution in [2.75, 3.05) is 6.61 Å². The van der Waals surface area contributed by atoms with Crippen LogP contribution in [0.5, 0.6) is 0 Å². The summed E-state index contributed by atoms with van der Waals surface area (Å²) in [5, 5.41) is 2.89. The van der Waals surface area contributed by atoms with E-state index in [-0.39, 0.29) is 49.1 Å². The highest BCUT2D eigenvalue weighted by atomic mass is 35.5. The van der Waals surface area contributed by atoms with Crippen LogP contribution in [-0.4, -0.2) is 24.5 Å². The lowest BCUT2D eigenvalue weighted by atomic mass is 10.0. The second-order valence-corrected chi connectivity index (χ2v) is 5.89. The van der Waals surface area contributed by atoms with Gasteiger partial charge < -0.3 is 15.8 Å². The zero-order chi connectivity index (χ0) is 16.8. The Morgan fingerprint density at radius 1 is 1.33 bits per heavy atom. The largest absolute Gasteiger partial charge is 0.466 e. The number of carbonyl (C=O) groups is 2. The smallest absolute Gasteiger partial charge is 0.308 e. The monoisotopic (exact) mass is 358 g/mol. The predicted octanol–water partition coefficient (Wildman–Crippen LogP) is 2.49. The van der Waals surface area contributed by atoms with E-state index < -0.39 is 12.0 Å². The van der Waals surface area contributed by atoms with E-state index in [9.17, 15) is 14.0 Å². The van der Waals surface area contributed by atoms with Gasteiger partial charge in [-0.05, 0) is 43.9 Å². The third kappa shape index (κ3) is 5.76. The molecule has 3 atom stereocenters. The minimum atomic E-state index is -0.529. The van der Waals surface area contributed by atoms with Gasteiger partial charge in [-0.25, -0.2) is 4.39 Å². The van der Waals surface area contributed by atoms with Crippen molar-refractivity contribution in [3.63, 3.8) is 0 Å². The zero-order valence-electron chi connectivity index (χ0n) is 13.7.